The Labute approximate surface area is 236 Å². The summed E-state index contributed by atoms with van der Waals surface area (Å²) in [6.45, 7) is 4.26. The van der Waals surface area contributed by atoms with Gasteiger partial charge in [-0.3, -0.25) is 9.55 Å². The smallest absolute Gasteiger partial charge is 0.193 e. The molecule has 0 amide bonds. The van der Waals surface area contributed by atoms with Crippen molar-refractivity contribution in [2.24, 2.45) is 0 Å². The van der Waals surface area contributed by atoms with Crippen LogP contribution in [0.4, 0.5) is 5.69 Å². The number of nitrogens with one attached hydrogen (secondary N) is 1. The fraction of sp³-hybridized carbons (Fsp3) is 0.167. The van der Waals surface area contributed by atoms with Crippen molar-refractivity contribution in [3.05, 3.63) is 113 Å². The van der Waals surface area contributed by atoms with E-state index in [1.54, 1.807) is 18.4 Å². The number of nitrogens with zero attached hydrogens (tertiary/aromatic N) is 4. The van der Waals surface area contributed by atoms with Gasteiger partial charge in [-0.2, -0.15) is 0 Å². The first kappa shape index (κ1) is 25.1. The first-order chi connectivity index (χ1) is 19.0. The zero-order chi connectivity index (χ0) is 26.9. The molecule has 39 heavy (non-hydrogen) atoms. The Kier molecular flexibility index (Phi) is 6.76. The van der Waals surface area contributed by atoms with E-state index in [0.29, 0.717) is 5.11 Å². The van der Waals surface area contributed by atoms with Crippen molar-refractivity contribution in [3.63, 3.8) is 0 Å². The fourth-order valence-corrected chi connectivity index (χ4v) is 6.21. The van der Waals surface area contributed by atoms with Gasteiger partial charge < -0.3 is 19.7 Å². The Morgan fingerprint density at radius 2 is 1.62 bits per heavy atom. The first-order valence-corrected chi connectivity index (χ1v) is 13.8. The van der Waals surface area contributed by atoms with Gasteiger partial charge in [0, 0.05) is 34.8 Å². The van der Waals surface area contributed by atoms with E-state index in [0.717, 1.165) is 45.1 Å². The molecule has 0 unspecified atom stereocenters. The predicted octanol–water partition coefficient (Wildman–Crippen LogP) is 6.92. The molecule has 7 nitrogen and oxygen atoms in total. The molecule has 0 spiro atoms. The van der Waals surface area contributed by atoms with Crippen LogP contribution in [0.5, 0.6) is 17.2 Å². The van der Waals surface area contributed by atoms with Crippen molar-refractivity contribution in [1.82, 2.24) is 19.9 Å². The highest BCUT2D eigenvalue weighted by atomic mass is 32.1. The summed E-state index contributed by atoms with van der Waals surface area (Å²) in [5.41, 5.74) is 5.33. The molecule has 0 saturated carbocycles. The maximum Gasteiger partial charge on any atom is 0.193 e. The number of rotatable bonds is 7. The molecule has 2 atom stereocenters. The van der Waals surface area contributed by atoms with Crippen LogP contribution < -0.4 is 19.7 Å². The number of hydrogen-bond acceptors (Lipinski definition) is 6. The summed E-state index contributed by atoms with van der Waals surface area (Å²) < 4.78 is 13.5. The van der Waals surface area contributed by atoms with Crippen LogP contribution in [0.2, 0.25) is 0 Å². The number of thiocarbonyl (C=S) groups is 1. The normalized spacial score (nSPS) is 16.8. The number of ether oxygens (including phenoxy) is 2. The Bertz CT molecular complexity index is 1580. The summed E-state index contributed by atoms with van der Waals surface area (Å²) in [6.07, 6.45) is 3.66. The number of thiazole rings is 1. The average Bonchev–Trinajstić information content (AvgIpc) is 3.68. The number of aryl methyl sites for hydroxylation is 1. The average molecular weight is 554 g/mol. The number of pyridine rings is 1. The van der Waals surface area contributed by atoms with Gasteiger partial charge in [-0.25, -0.2) is 4.98 Å². The van der Waals surface area contributed by atoms with Gasteiger partial charge in [0.1, 0.15) is 17.2 Å². The Hall–Kier alpha value is -4.21. The summed E-state index contributed by atoms with van der Waals surface area (Å²) in [6, 6.07) is 23.5. The van der Waals surface area contributed by atoms with E-state index in [4.69, 9.17) is 21.7 Å². The molecule has 1 saturated heterocycles. The maximum atomic E-state index is 6.06. The standard InChI is InChI=1S/C30H27N5O2S2/c1-19-18-25(20(2)34(19)30-32-16-17-39-30)28-27(26-6-4-5-15-31-26)33-29(38)35(28)21-7-9-23(10-8-21)37-24-13-11-22(36-3)12-14-24/h4-18,27-28H,1-3H3,(H,33,38)/t27-,28+/m0/s1. The molecule has 0 radical (unpaired) electrons. The van der Waals surface area contributed by atoms with Gasteiger partial charge in [0.15, 0.2) is 10.2 Å². The van der Waals surface area contributed by atoms with E-state index < -0.39 is 0 Å². The Morgan fingerprint density at radius 1 is 0.897 bits per heavy atom. The molecule has 6 rings (SSSR count). The van der Waals surface area contributed by atoms with Crippen molar-refractivity contribution < 1.29 is 9.47 Å². The second kappa shape index (κ2) is 10.5. The van der Waals surface area contributed by atoms with Crippen LogP contribution in [-0.2, 0) is 0 Å². The summed E-state index contributed by atoms with van der Waals surface area (Å²) in [5.74, 6) is 2.27. The molecule has 2 aromatic carbocycles. The summed E-state index contributed by atoms with van der Waals surface area (Å²) in [4.78, 5) is 11.4. The highest BCUT2D eigenvalue weighted by molar-refractivity contribution is 7.80. The van der Waals surface area contributed by atoms with E-state index in [2.05, 4.69) is 44.7 Å². The molecule has 196 valence electrons. The number of benzene rings is 2. The van der Waals surface area contributed by atoms with Crippen LogP contribution in [0, 0.1) is 13.8 Å². The maximum absolute atomic E-state index is 6.06. The highest BCUT2D eigenvalue weighted by Crippen LogP contribution is 2.44. The minimum Gasteiger partial charge on any atom is -0.497 e. The van der Waals surface area contributed by atoms with Gasteiger partial charge in [-0.05, 0) is 98.4 Å². The molecular weight excluding hydrogens is 526 g/mol. The molecule has 4 heterocycles. The van der Waals surface area contributed by atoms with Crippen molar-refractivity contribution in [2.45, 2.75) is 25.9 Å². The molecule has 1 aliphatic rings. The quantitative estimate of drug-likeness (QED) is 0.219. The van der Waals surface area contributed by atoms with Crippen LogP contribution >= 0.6 is 23.6 Å². The van der Waals surface area contributed by atoms with Crippen LogP contribution in [0.3, 0.4) is 0 Å². The van der Waals surface area contributed by atoms with Gasteiger partial charge in [0.25, 0.3) is 0 Å². The monoisotopic (exact) mass is 553 g/mol. The lowest BCUT2D eigenvalue weighted by atomic mass is 9.96. The zero-order valence-corrected chi connectivity index (χ0v) is 23.4. The molecule has 9 heteroatoms. The minimum atomic E-state index is -0.126. The molecule has 1 N–H and O–H groups in total. The topological polar surface area (TPSA) is 64.4 Å². The van der Waals surface area contributed by atoms with Gasteiger partial charge in [0.2, 0.25) is 0 Å². The van der Waals surface area contributed by atoms with E-state index in [1.165, 1.54) is 5.56 Å². The lowest BCUT2D eigenvalue weighted by molar-refractivity contribution is 0.413. The molecule has 1 fully saturated rings. The molecular formula is C30H27N5O2S2. The summed E-state index contributed by atoms with van der Waals surface area (Å²) in [7, 11) is 1.65. The SMILES string of the molecule is COc1ccc(Oc2ccc(N3C(=S)N[C@@H](c4ccccn4)[C@H]3c3cc(C)n(-c4nccs4)c3C)cc2)cc1. The van der Waals surface area contributed by atoms with Crippen molar-refractivity contribution in [2.75, 3.05) is 12.0 Å². The Morgan fingerprint density at radius 3 is 2.26 bits per heavy atom. The number of hydrogen-bond donors (Lipinski definition) is 1. The third-order valence-electron chi connectivity index (χ3n) is 6.91. The Balaban J connectivity index is 1.37. The molecule has 0 bridgehead atoms. The van der Waals surface area contributed by atoms with Gasteiger partial charge in [-0.15, -0.1) is 11.3 Å². The molecule has 1 aliphatic heterocycles. The second-order valence-electron chi connectivity index (χ2n) is 9.24. The van der Waals surface area contributed by atoms with Gasteiger partial charge in [-0.1, -0.05) is 6.07 Å². The predicted molar refractivity (Wildman–Crippen MR) is 158 cm³/mol. The van der Waals surface area contributed by atoms with E-state index in [1.807, 2.05) is 84.5 Å². The van der Waals surface area contributed by atoms with E-state index in [9.17, 15) is 0 Å². The fourth-order valence-electron chi connectivity index (χ4n) is 5.11. The van der Waals surface area contributed by atoms with Crippen LogP contribution in [0.25, 0.3) is 5.13 Å². The van der Waals surface area contributed by atoms with Crippen molar-refractivity contribution in [1.29, 1.82) is 0 Å². The lowest BCUT2D eigenvalue weighted by Crippen LogP contribution is -2.29. The third kappa shape index (κ3) is 4.75. The molecule has 5 aromatic rings. The van der Waals surface area contributed by atoms with Crippen LogP contribution in [0.15, 0.2) is 90.6 Å². The largest absolute Gasteiger partial charge is 0.497 e. The van der Waals surface area contributed by atoms with Crippen LogP contribution in [0.1, 0.15) is 34.7 Å². The molecule has 3 aromatic heterocycles. The number of anilines is 1. The molecule has 0 aliphatic carbocycles. The number of methoxy groups -OCH3 is 1. The van der Waals surface area contributed by atoms with Gasteiger partial charge in [0.05, 0.1) is 24.9 Å². The summed E-state index contributed by atoms with van der Waals surface area (Å²) >= 11 is 7.55. The second-order valence-corrected chi connectivity index (χ2v) is 10.5. The summed E-state index contributed by atoms with van der Waals surface area (Å²) in [5, 5.41) is 7.15. The third-order valence-corrected chi connectivity index (χ3v) is 7.98. The van der Waals surface area contributed by atoms with Crippen LogP contribution in [-0.4, -0.2) is 26.8 Å². The van der Waals surface area contributed by atoms with E-state index in [-0.39, 0.29) is 12.1 Å². The van der Waals surface area contributed by atoms with Crippen molar-refractivity contribution in [3.8, 4) is 22.4 Å². The first-order valence-electron chi connectivity index (χ1n) is 12.5. The lowest BCUT2D eigenvalue weighted by Gasteiger charge is -2.28. The minimum absolute atomic E-state index is 0.110. The highest BCUT2D eigenvalue weighted by Gasteiger charge is 2.42. The van der Waals surface area contributed by atoms with Crippen molar-refractivity contribution >= 4 is 34.4 Å². The zero-order valence-electron chi connectivity index (χ0n) is 21.7. The van der Waals surface area contributed by atoms with Gasteiger partial charge >= 0.3 is 0 Å². The number of aromatic nitrogens is 3. The van der Waals surface area contributed by atoms with E-state index >= 15 is 0 Å².